The fourth-order valence-corrected chi connectivity index (χ4v) is 5.23. The van der Waals surface area contributed by atoms with Gasteiger partial charge in [-0.3, -0.25) is 0 Å². The van der Waals surface area contributed by atoms with Crippen LogP contribution in [0, 0.1) is 20.8 Å². The predicted octanol–water partition coefficient (Wildman–Crippen LogP) is 6.22. The molecule has 31 heavy (non-hydrogen) atoms. The lowest BCUT2D eigenvalue weighted by Crippen LogP contribution is -2.07. The molecular weight excluding hydrogens is 424 g/mol. The van der Waals surface area contributed by atoms with Gasteiger partial charge < -0.3 is 9.30 Å². The highest BCUT2D eigenvalue weighted by Crippen LogP contribution is 2.29. The minimum absolute atomic E-state index is 0.403. The van der Waals surface area contributed by atoms with E-state index in [4.69, 9.17) is 9.72 Å². The topological polar surface area (TPSA) is 52.8 Å². The average Bonchev–Trinajstić information content (AvgIpc) is 3.39. The molecule has 5 nitrogen and oxygen atoms in total. The summed E-state index contributed by atoms with van der Waals surface area (Å²) in [6, 6.07) is 14.6. The number of rotatable bonds is 8. The third-order valence-corrected chi connectivity index (χ3v) is 7.01. The van der Waals surface area contributed by atoms with Crippen molar-refractivity contribution in [3.8, 4) is 16.3 Å². The molecule has 0 radical (unpaired) electrons. The number of aryl methyl sites for hydroxylation is 3. The number of nitrogens with zero attached hydrogens (tertiary/aromatic N) is 4. The number of thiazole rings is 1. The Bertz CT molecular complexity index is 1180. The van der Waals surface area contributed by atoms with E-state index in [2.05, 4.69) is 90.3 Å². The van der Waals surface area contributed by atoms with Gasteiger partial charge in [0.05, 0.1) is 5.69 Å². The Labute approximate surface area is 191 Å². The van der Waals surface area contributed by atoms with Gasteiger partial charge in [-0.05, 0) is 50.5 Å². The molecule has 0 fully saturated rings. The summed E-state index contributed by atoms with van der Waals surface area (Å²) in [7, 11) is 0. The molecule has 2 heterocycles. The van der Waals surface area contributed by atoms with Crippen molar-refractivity contribution in [3.05, 3.63) is 76.1 Å². The van der Waals surface area contributed by atoms with Gasteiger partial charge in [-0.2, -0.15) is 0 Å². The molecule has 7 heteroatoms. The highest BCUT2D eigenvalue weighted by molar-refractivity contribution is 7.98. The second-order valence-corrected chi connectivity index (χ2v) is 9.25. The molecule has 0 aliphatic rings. The van der Waals surface area contributed by atoms with Crippen LogP contribution in [0.4, 0.5) is 0 Å². The third kappa shape index (κ3) is 4.99. The number of hydrogen-bond acceptors (Lipinski definition) is 6. The Morgan fingerprint density at radius 2 is 1.87 bits per heavy atom. The molecule has 160 valence electrons. The van der Waals surface area contributed by atoms with Gasteiger partial charge in [-0.1, -0.05) is 48.2 Å². The molecule has 4 rings (SSSR count). The lowest BCUT2D eigenvalue weighted by atomic mass is 10.1. The van der Waals surface area contributed by atoms with E-state index in [-0.39, 0.29) is 0 Å². The maximum Gasteiger partial charge on any atom is 0.191 e. The standard InChI is InChI=1S/C24H26N4OS2/c1-5-28-22(13-29-21-12-16(2)10-11-18(21)4)26-27-24(28)31-15-19-14-30-23(25-19)20-9-7-6-8-17(20)3/h6-12,14H,5,13,15H2,1-4H3. The van der Waals surface area contributed by atoms with Crippen molar-refractivity contribution in [2.24, 2.45) is 0 Å². The number of thioether (sulfide) groups is 1. The summed E-state index contributed by atoms with van der Waals surface area (Å²) in [6.07, 6.45) is 0. The largest absolute Gasteiger partial charge is 0.485 e. The first-order valence-electron chi connectivity index (χ1n) is 10.3. The van der Waals surface area contributed by atoms with Crippen molar-refractivity contribution in [2.45, 2.75) is 51.8 Å². The zero-order chi connectivity index (χ0) is 21.8. The van der Waals surface area contributed by atoms with E-state index >= 15 is 0 Å². The van der Waals surface area contributed by atoms with E-state index in [1.807, 2.05) is 0 Å². The Morgan fingerprint density at radius 1 is 1.03 bits per heavy atom. The van der Waals surface area contributed by atoms with Gasteiger partial charge in [0, 0.05) is 23.2 Å². The Balaban J connectivity index is 1.42. The molecule has 0 amide bonds. The van der Waals surface area contributed by atoms with Crippen LogP contribution in [-0.4, -0.2) is 19.7 Å². The molecule has 0 aliphatic heterocycles. The van der Waals surface area contributed by atoms with Gasteiger partial charge in [0.1, 0.15) is 17.4 Å². The van der Waals surface area contributed by atoms with Crippen LogP contribution in [0.15, 0.2) is 53.0 Å². The Kier molecular flexibility index (Phi) is 6.73. The van der Waals surface area contributed by atoms with Gasteiger partial charge >= 0.3 is 0 Å². The maximum atomic E-state index is 6.04. The summed E-state index contributed by atoms with van der Waals surface area (Å²) in [5, 5.41) is 12.9. The van der Waals surface area contributed by atoms with Gasteiger partial charge in [-0.25, -0.2) is 4.98 Å². The van der Waals surface area contributed by atoms with E-state index in [1.54, 1.807) is 23.1 Å². The normalized spacial score (nSPS) is 11.1. The van der Waals surface area contributed by atoms with Crippen LogP contribution in [0.25, 0.3) is 10.6 Å². The highest BCUT2D eigenvalue weighted by Gasteiger charge is 2.14. The first-order chi connectivity index (χ1) is 15.0. The Morgan fingerprint density at radius 3 is 2.68 bits per heavy atom. The smallest absolute Gasteiger partial charge is 0.191 e. The second kappa shape index (κ2) is 9.66. The van der Waals surface area contributed by atoms with E-state index in [0.29, 0.717) is 6.61 Å². The van der Waals surface area contributed by atoms with E-state index in [1.165, 1.54) is 16.7 Å². The van der Waals surface area contributed by atoms with E-state index in [9.17, 15) is 0 Å². The van der Waals surface area contributed by atoms with Crippen molar-refractivity contribution >= 4 is 23.1 Å². The fraction of sp³-hybridized carbons (Fsp3) is 0.292. The molecule has 0 spiro atoms. The number of ether oxygens (including phenoxy) is 1. The molecule has 0 saturated heterocycles. The second-order valence-electron chi connectivity index (χ2n) is 7.45. The average molecular weight is 451 g/mol. The van der Waals surface area contributed by atoms with Crippen molar-refractivity contribution in [1.29, 1.82) is 0 Å². The molecule has 0 aliphatic carbocycles. The maximum absolute atomic E-state index is 6.04. The zero-order valence-corrected chi connectivity index (χ0v) is 19.9. The first-order valence-corrected chi connectivity index (χ1v) is 12.2. The highest BCUT2D eigenvalue weighted by atomic mass is 32.2. The quantitative estimate of drug-likeness (QED) is 0.298. The van der Waals surface area contributed by atoms with E-state index in [0.717, 1.165) is 45.3 Å². The number of aromatic nitrogens is 4. The summed E-state index contributed by atoms with van der Waals surface area (Å²) < 4.78 is 8.16. The molecule has 2 aromatic heterocycles. The van der Waals surface area contributed by atoms with Crippen LogP contribution >= 0.6 is 23.1 Å². The monoisotopic (exact) mass is 450 g/mol. The van der Waals surface area contributed by atoms with Crippen molar-refractivity contribution < 1.29 is 4.74 Å². The minimum Gasteiger partial charge on any atom is -0.485 e. The lowest BCUT2D eigenvalue weighted by Gasteiger charge is -2.11. The van der Waals surface area contributed by atoms with Gasteiger partial charge in [-0.15, -0.1) is 21.5 Å². The number of benzene rings is 2. The summed E-state index contributed by atoms with van der Waals surface area (Å²) in [5.41, 5.74) is 5.81. The van der Waals surface area contributed by atoms with Crippen molar-refractivity contribution in [3.63, 3.8) is 0 Å². The summed E-state index contributed by atoms with van der Waals surface area (Å²) >= 11 is 3.35. The predicted molar refractivity (Wildman–Crippen MR) is 128 cm³/mol. The molecule has 4 aromatic rings. The molecule has 2 aromatic carbocycles. The van der Waals surface area contributed by atoms with Crippen LogP contribution in [0.2, 0.25) is 0 Å². The van der Waals surface area contributed by atoms with Crippen molar-refractivity contribution in [2.75, 3.05) is 0 Å². The lowest BCUT2D eigenvalue weighted by molar-refractivity contribution is 0.286. The summed E-state index contributed by atoms with van der Waals surface area (Å²) in [6.45, 7) is 9.55. The first kappa shape index (κ1) is 21.6. The van der Waals surface area contributed by atoms with Crippen LogP contribution < -0.4 is 4.74 Å². The van der Waals surface area contributed by atoms with Crippen LogP contribution in [0.1, 0.15) is 35.1 Å². The van der Waals surface area contributed by atoms with Gasteiger partial charge in [0.15, 0.2) is 11.0 Å². The number of hydrogen-bond donors (Lipinski definition) is 0. The van der Waals surface area contributed by atoms with Gasteiger partial charge in [0.2, 0.25) is 0 Å². The van der Waals surface area contributed by atoms with Gasteiger partial charge in [0.25, 0.3) is 0 Å². The summed E-state index contributed by atoms with van der Waals surface area (Å²) in [4.78, 5) is 4.83. The SMILES string of the molecule is CCn1c(COc2cc(C)ccc2C)nnc1SCc1csc(-c2ccccc2C)n1. The Hall–Kier alpha value is -2.64. The molecule has 0 atom stereocenters. The van der Waals surface area contributed by atoms with Crippen LogP contribution in [0.3, 0.4) is 0 Å². The minimum atomic E-state index is 0.403. The van der Waals surface area contributed by atoms with Crippen LogP contribution in [0.5, 0.6) is 5.75 Å². The van der Waals surface area contributed by atoms with E-state index < -0.39 is 0 Å². The molecular formula is C24H26N4OS2. The molecule has 0 N–H and O–H groups in total. The third-order valence-electron chi connectivity index (χ3n) is 5.09. The zero-order valence-electron chi connectivity index (χ0n) is 18.3. The molecule has 0 bridgehead atoms. The molecule has 0 saturated carbocycles. The van der Waals surface area contributed by atoms with Crippen molar-refractivity contribution in [1.82, 2.24) is 19.7 Å². The van der Waals surface area contributed by atoms with Crippen LogP contribution in [-0.2, 0) is 18.9 Å². The molecule has 0 unspecified atom stereocenters. The fourth-order valence-electron chi connectivity index (χ4n) is 3.30. The summed E-state index contributed by atoms with van der Waals surface area (Å²) in [5.74, 6) is 2.49.